The summed E-state index contributed by atoms with van der Waals surface area (Å²) < 4.78 is 45.7. The van der Waals surface area contributed by atoms with Crippen molar-refractivity contribution in [2.45, 2.75) is 160 Å². The molecule has 27 heteroatoms. The lowest BCUT2D eigenvalue weighted by Crippen LogP contribution is -2.43. The number of carbonyl (C=O) groups excluding carboxylic acids is 11. The minimum absolute atomic E-state index is 0.0372. The van der Waals surface area contributed by atoms with Gasteiger partial charge in [-0.15, -0.1) is 0 Å². The molecule has 0 heterocycles. The average molecular weight is 1270 g/mol. The normalized spacial score (nSPS) is 11.7. The van der Waals surface area contributed by atoms with Crippen molar-refractivity contribution in [3.8, 4) is 0 Å². The molecule has 0 saturated heterocycles. The van der Waals surface area contributed by atoms with Gasteiger partial charge >= 0.3 is 23.9 Å². The quantitative estimate of drug-likeness (QED) is 0.0246. The van der Waals surface area contributed by atoms with Crippen molar-refractivity contribution in [2.24, 2.45) is 27.1 Å². The van der Waals surface area contributed by atoms with Crippen LogP contribution in [0.4, 0.5) is 0 Å². The van der Waals surface area contributed by atoms with Crippen LogP contribution < -0.4 is 42.5 Å². The van der Waals surface area contributed by atoms with Gasteiger partial charge in [-0.05, 0) is 32.1 Å². The molecule has 512 valence electrons. The van der Waals surface area contributed by atoms with E-state index in [1.807, 2.05) is 20.8 Å². The maximum Gasteiger partial charge on any atom is 0.305 e. The number of carbonyl (C=O) groups is 11. The van der Waals surface area contributed by atoms with Crippen LogP contribution in [-0.2, 0) is 90.6 Å². The zero-order chi connectivity index (χ0) is 67.4. The van der Waals surface area contributed by atoms with E-state index < -0.39 is 51.0 Å². The van der Waals surface area contributed by atoms with Gasteiger partial charge in [0, 0.05) is 125 Å². The van der Waals surface area contributed by atoms with E-state index in [1.165, 1.54) is 0 Å². The van der Waals surface area contributed by atoms with Crippen LogP contribution in [0.1, 0.15) is 160 Å². The van der Waals surface area contributed by atoms with Crippen molar-refractivity contribution in [3.05, 3.63) is 12.3 Å². The molecule has 8 N–H and O–H groups in total. The molecule has 89 heavy (non-hydrogen) atoms. The highest BCUT2D eigenvalue weighted by Gasteiger charge is 2.33. The highest BCUT2D eigenvalue weighted by Crippen LogP contribution is 2.22. The number of ether oxygens (including phenoxy) is 8. The third-order valence-electron chi connectivity index (χ3n) is 12.5. The summed E-state index contributed by atoms with van der Waals surface area (Å²) in [6.07, 6.45) is 1.83. The molecule has 7 amide bonds. The highest BCUT2D eigenvalue weighted by molar-refractivity contribution is 5.83. The Morgan fingerprint density at radius 3 is 0.730 bits per heavy atom. The molecular formula is C62H110N8O19. The molecule has 0 aromatic rings. The number of amides is 7. The van der Waals surface area contributed by atoms with E-state index in [1.54, 1.807) is 62.3 Å². The topological polar surface area (TPSA) is 358 Å². The Morgan fingerprint density at radius 1 is 0.281 bits per heavy atom. The van der Waals surface area contributed by atoms with E-state index in [9.17, 15) is 52.7 Å². The number of hydrogen-bond acceptors (Lipinski definition) is 20. The van der Waals surface area contributed by atoms with Crippen molar-refractivity contribution in [1.82, 2.24) is 42.5 Å². The first-order valence-corrected chi connectivity index (χ1v) is 31.0. The first-order chi connectivity index (χ1) is 41.7. The van der Waals surface area contributed by atoms with Crippen molar-refractivity contribution in [3.63, 3.8) is 0 Å². The van der Waals surface area contributed by atoms with Crippen LogP contribution in [0.15, 0.2) is 12.3 Å². The third-order valence-corrected chi connectivity index (χ3v) is 12.5. The standard InChI is InChI=1S/C62H110N8O19/c1-46(63-26-30-67-54(78)58(2,3)4)18-14-22-50(74)86-38-34-82-42-62(43-83-35-39-87-51(75)23-15-19-47(71)64-27-31-68-55(79)59(5,6)7,44-84-36-40-88-52(76)24-16-20-48(72)65-28-32-69-56(80)60(8,9)10)45-85-37-41-89-53(77)25-17-21-49(73)66-29-33-70-57(81)61(11,12)13/h63H,1,14-45H2,2-13H3,(H,64,71)(H,65,72)(H,66,73)(H,67,78)(H,68,79)(H,69,80)(H,70,81). The maximum atomic E-state index is 12.7. The summed E-state index contributed by atoms with van der Waals surface area (Å²) in [5.74, 6) is -3.46. The smallest absolute Gasteiger partial charge is 0.305 e. The SMILES string of the molecule is C=C(CCCC(=O)OCCOCC(COCCOC(=O)CCCC(=O)NCCNC(=O)C(C)(C)C)(COCCOC(=O)CCCC(=O)NCCNC(=O)C(C)(C)C)COCCOC(=O)CCCC(=O)NCCNC(=O)C(C)(C)C)NCCNC(=O)C(C)(C)C. The van der Waals surface area contributed by atoms with Crippen LogP contribution in [0.3, 0.4) is 0 Å². The minimum atomic E-state index is -1.11. The summed E-state index contributed by atoms with van der Waals surface area (Å²) in [4.78, 5) is 136. The molecule has 0 radical (unpaired) electrons. The molecule has 0 bridgehead atoms. The lowest BCUT2D eigenvalue weighted by atomic mass is 9.92. The second-order valence-corrected chi connectivity index (χ2v) is 25.6. The van der Waals surface area contributed by atoms with Gasteiger partial charge in [0.1, 0.15) is 26.4 Å². The monoisotopic (exact) mass is 1270 g/mol. The molecule has 0 saturated carbocycles. The highest BCUT2D eigenvalue weighted by atomic mass is 16.6. The molecule has 0 aromatic heterocycles. The summed E-state index contributed by atoms with van der Waals surface area (Å²) >= 11 is 0. The Bertz CT molecular complexity index is 1880. The van der Waals surface area contributed by atoms with Gasteiger partial charge in [-0.2, -0.15) is 0 Å². The Balaban J connectivity index is 5.74. The Labute approximate surface area is 527 Å². The predicted octanol–water partition coefficient (Wildman–Crippen LogP) is 2.99. The van der Waals surface area contributed by atoms with Gasteiger partial charge < -0.3 is 80.4 Å². The zero-order valence-corrected chi connectivity index (χ0v) is 55.6. The van der Waals surface area contributed by atoms with E-state index in [0.717, 1.165) is 0 Å². The summed E-state index contributed by atoms with van der Waals surface area (Å²) in [5, 5.41) is 22.4. The van der Waals surface area contributed by atoms with E-state index in [2.05, 4.69) is 49.1 Å². The summed E-state index contributed by atoms with van der Waals surface area (Å²) in [6, 6.07) is 0. The van der Waals surface area contributed by atoms with Gasteiger partial charge in [-0.3, -0.25) is 52.7 Å². The maximum absolute atomic E-state index is 12.7. The second-order valence-electron chi connectivity index (χ2n) is 25.6. The van der Waals surface area contributed by atoms with Crippen LogP contribution >= 0.6 is 0 Å². The van der Waals surface area contributed by atoms with Crippen LogP contribution in [0.5, 0.6) is 0 Å². The number of hydrogen-bond donors (Lipinski definition) is 8. The molecule has 0 aromatic carbocycles. The summed E-state index contributed by atoms with van der Waals surface area (Å²) in [5.41, 5.74) is -2.59. The number of esters is 4. The van der Waals surface area contributed by atoms with Crippen LogP contribution in [0, 0.1) is 27.1 Å². The second kappa shape index (κ2) is 45.7. The fourth-order valence-electron chi connectivity index (χ4n) is 7.14. The summed E-state index contributed by atoms with van der Waals surface area (Å²) in [6.45, 7) is 26.7. The van der Waals surface area contributed by atoms with Gasteiger partial charge in [0.25, 0.3) is 0 Å². The summed E-state index contributed by atoms with van der Waals surface area (Å²) in [7, 11) is 0. The van der Waals surface area contributed by atoms with Gasteiger partial charge in [-0.25, -0.2) is 0 Å². The molecule has 0 fully saturated rings. The number of allylic oxidation sites excluding steroid dienone is 1. The van der Waals surface area contributed by atoms with Gasteiger partial charge in [0.2, 0.25) is 41.4 Å². The average Bonchev–Trinajstić information content (AvgIpc) is 3.66. The fraction of sp³-hybridized carbons (Fsp3) is 0.790. The minimum Gasteiger partial charge on any atom is -0.463 e. The third kappa shape index (κ3) is 46.3. The van der Waals surface area contributed by atoms with Crippen LogP contribution in [0.25, 0.3) is 0 Å². The van der Waals surface area contributed by atoms with Crippen molar-refractivity contribution in [1.29, 1.82) is 0 Å². The van der Waals surface area contributed by atoms with E-state index in [-0.39, 0.29) is 224 Å². The molecule has 0 spiro atoms. The Kier molecular flexibility index (Phi) is 42.4. The molecule has 27 nitrogen and oxygen atoms in total. The Hall–Kier alpha value is -6.45. The number of rotatable bonds is 49. The molecular weight excluding hydrogens is 1160 g/mol. The molecule has 0 unspecified atom stereocenters. The molecule has 0 atom stereocenters. The van der Waals surface area contributed by atoms with Crippen molar-refractivity contribution < 1.29 is 90.6 Å². The molecule has 0 aliphatic rings. The van der Waals surface area contributed by atoms with Crippen LogP contribution in [-0.4, -0.2) is 197 Å². The van der Waals surface area contributed by atoms with E-state index in [4.69, 9.17) is 37.9 Å². The largest absolute Gasteiger partial charge is 0.463 e. The van der Waals surface area contributed by atoms with E-state index in [0.29, 0.717) is 31.6 Å². The Morgan fingerprint density at radius 2 is 0.494 bits per heavy atom. The molecule has 0 aliphatic carbocycles. The van der Waals surface area contributed by atoms with Crippen molar-refractivity contribution in [2.75, 3.05) is 132 Å². The van der Waals surface area contributed by atoms with Crippen LogP contribution in [0.2, 0.25) is 0 Å². The first-order valence-electron chi connectivity index (χ1n) is 31.0. The first kappa shape index (κ1) is 82.6. The number of nitrogens with one attached hydrogen (secondary N) is 8. The van der Waals surface area contributed by atoms with E-state index >= 15 is 0 Å². The molecule has 0 aliphatic heterocycles. The van der Waals surface area contributed by atoms with Gasteiger partial charge in [-0.1, -0.05) is 89.7 Å². The molecule has 0 rings (SSSR count). The lowest BCUT2D eigenvalue weighted by molar-refractivity contribution is -0.151. The van der Waals surface area contributed by atoms with Gasteiger partial charge in [0.15, 0.2) is 0 Å². The van der Waals surface area contributed by atoms with Gasteiger partial charge in [0.05, 0.1) is 58.3 Å². The predicted molar refractivity (Wildman–Crippen MR) is 331 cm³/mol. The zero-order valence-electron chi connectivity index (χ0n) is 55.6. The van der Waals surface area contributed by atoms with Crippen molar-refractivity contribution >= 4 is 65.2 Å². The lowest BCUT2D eigenvalue weighted by Gasteiger charge is -2.33. The fourth-order valence-corrected chi connectivity index (χ4v) is 7.14.